The maximum atomic E-state index is 12.8. The van der Waals surface area contributed by atoms with Gasteiger partial charge in [0, 0.05) is 56.7 Å². The number of rotatable bonds is 5. The molecule has 2 saturated heterocycles. The zero-order valence-corrected chi connectivity index (χ0v) is 17.9. The molecule has 0 spiro atoms. The standard InChI is InChI=1S/C23H31N5O2/c1-18(19-3-5-21(6-4-19)27-13-15-30-16-14-27)25-23(29)20-7-8-24-22(17-20)28-11-9-26(2)10-12-28/h3-8,17-18H,9-16H2,1-2H3,(H,25,29)/t18-/m0/s1. The van der Waals surface area contributed by atoms with Crippen LogP contribution in [0.25, 0.3) is 0 Å². The number of carbonyl (C=O) groups excluding carboxylic acids is 1. The number of benzene rings is 1. The topological polar surface area (TPSA) is 60.9 Å². The van der Waals surface area contributed by atoms with E-state index in [1.807, 2.05) is 13.0 Å². The lowest BCUT2D eigenvalue weighted by molar-refractivity contribution is 0.0939. The second-order valence-electron chi connectivity index (χ2n) is 8.08. The summed E-state index contributed by atoms with van der Waals surface area (Å²) >= 11 is 0. The Hall–Kier alpha value is -2.64. The maximum Gasteiger partial charge on any atom is 0.251 e. The highest BCUT2D eigenvalue weighted by Crippen LogP contribution is 2.21. The van der Waals surface area contributed by atoms with Crippen molar-refractivity contribution < 1.29 is 9.53 Å². The van der Waals surface area contributed by atoms with E-state index < -0.39 is 0 Å². The Bertz CT molecular complexity index is 843. The molecule has 1 amide bonds. The van der Waals surface area contributed by atoms with E-state index in [2.05, 4.69) is 56.3 Å². The number of nitrogens with zero attached hydrogens (tertiary/aromatic N) is 4. The predicted molar refractivity (Wildman–Crippen MR) is 119 cm³/mol. The van der Waals surface area contributed by atoms with Gasteiger partial charge in [0.25, 0.3) is 5.91 Å². The number of amides is 1. The first-order valence-electron chi connectivity index (χ1n) is 10.7. The van der Waals surface area contributed by atoms with Gasteiger partial charge in [0.05, 0.1) is 19.3 Å². The molecule has 7 nitrogen and oxygen atoms in total. The van der Waals surface area contributed by atoms with Gasteiger partial charge in [-0.05, 0) is 43.8 Å². The zero-order chi connectivity index (χ0) is 20.9. The molecular weight excluding hydrogens is 378 g/mol. The first-order chi connectivity index (χ1) is 14.6. The van der Waals surface area contributed by atoms with Gasteiger partial charge in [-0.3, -0.25) is 4.79 Å². The van der Waals surface area contributed by atoms with Crippen LogP contribution in [0.3, 0.4) is 0 Å². The third-order valence-corrected chi connectivity index (χ3v) is 5.95. The van der Waals surface area contributed by atoms with Gasteiger partial charge >= 0.3 is 0 Å². The van der Waals surface area contributed by atoms with E-state index in [1.54, 1.807) is 12.3 Å². The van der Waals surface area contributed by atoms with E-state index in [4.69, 9.17) is 4.74 Å². The highest BCUT2D eigenvalue weighted by molar-refractivity contribution is 5.95. The number of ether oxygens (including phenoxy) is 1. The SMILES string of the molecule is C[C@H](NC(=O)c1ccnc(N2CCN(C)CC2)c1)c1ccc(N2CCOCC2)cc1. The summed E-state index contributed by atoms with van der Waals surface area (Å²) < 4.78 is 5.42. The molecule has 0 bridgehead atoms. The molecule has 7 heteroatoms. The first kappa shape index (κ1) is 20.6. The molecule has 0 radical (unpaired) electrons. The number of likely N-dealkylation sites (N-methyl/N-ethyl adjacent to an activating group) is 1. The molecule has 2 aromatic rings. The fraction of sp³-hybridized carbons (Fsp3) is 0.478. The first-order valence-corrected chi connectivity index (χ1v) is 10.7. The molecule has 1 atom stereocenters. The highest BCUT2D eigenvalue weighted by atomic mass is 16.5. The minimum Gasteiger partial charge on any atom is -0.378 e. The summed E-state index contributed by atoms with van der Waals surface area (Å²) in [4.78, 5) is 24.2. The number of piperazine rings is 1. The van der Waals surface area contributed by atoms with Crippen LogP contribution < -0.4 is 15.1 Å². The number of pyridine rings is 1. The predicted octanol–water partition coefficient (Wildman–Crippen LogP) is 2.16. The molecule has 0 aliphatic carbocycles. The van der Waals surface area contributed by atoms with Gasteiger partial charge in [-0.1, -0.05) is 12.1 Å². The quantitative estimate of drug-likeness (QED) is 0.817. The molecule has 3 heterocycles. The summed E-state index contributed by atoms with van der Waals surface area (Å²) in [5, 5.41) is 3.12. The summed E-state index contributed by atoms with van der Waals surface area (Å²) in [5.41, 5.74) is 2.94. The van der Waals surface area contributed by atoms with Crippen LogP contribution in [-0.4, -0.2) is 75.3 Å². The van der Waals surface area contributed by atoms with Crippen LogP contribution >= 0.6 is 0 Å². The lowest BCUT2D eigenvalue weighted by Gasteiger charge is -2.33. The van der Waals surface area contributed by atoms with Crippen molar-refractivity contribution in [1.82, 2.24) is 15.2 Å². The van der Waals surface area contributed by atoms with Crippen molar-refractivity contribution in [2.45, 2.75) is 13.0 Å². The van der Waals surface area contributed by atoms with Crippen LogP contribution in [-0.2, 0) is 4.74 Å². The van der Waals surface area contributed by atoms with Crippen molar-refractivity contribution in [2.24, 2.45) is 0 Å². The van der Waals surface area contributed by atoms with Gasteiger partial charge in [-0.25, -0.2) is 4.98 Å². The molecule has 1 aromatic heterocycles. The third-order valence-electron chi connectivity index (χ3n) is 5.95. The molecule has 2 fully saturated rings. The molecule has 1 N–H and O–H groups in total. The monoisotopic (exact) mass is 409 g/mol. The summed E-state index contributed by atoms with van der Waals surface area (Å²) in [6.07, 6.45) is 1.73. The van der Waals surface area contributed by atoms with E-state index in [0.717, 1.165) is 63.9 Å². The van der Waals surface area contributed by atoms with Crippen molar-refractivity contribution in [2.75, 3.05) is 69.3 Å². The van der Waals surface area contributed by atoms with Crippen LogP contribution in [0.4, 0.5) is 11.5 Å². The molecule has 0 saturated carbocycles. The smallest absolute Gasteiger partial charge is 0.251 e. The summed E-state index contributed by atoms with van der Waals surface area (Å²) in [5.74, 6) is 0.802. The van der Waals surface area contributed by atoms with Crippen molar-refractivity contribution in [3.63, 3.8) is 0 Å². The summed E-state index contributed by atoms with van der Waals surface area (Å²) in [6, 6.07) is 12.0. The Balaban J connectivity index is 1.38. The summed E-state index contributed by atoms with van der Waals surface area (Å²) in [7, 11) is 2.13. The number of morpholine rings is 1. The summed E-state index contributed by atoms with van der Waals surface area (Å²) in [6.45, 7) is 9.29. The number of hydrogen-bond acceptors (Lipinski definition) is 6. The fourth-order valence-electron chi connectivity index (χ4n) is 3.93. The average Bonchev–Trinajstić information content (AvgIpc) is 2.80. The van der Waals surface area contributed by atoms with Gasteiger partial charge < -0.3 is 24.8 Å². The van der Waals surface area contributed by atoms with Crippen molar-refractivity contribution >= 4 is 17.4 Å². The van der Waals surface area contributed by atoms with E-state index in [1.165, 1.54) is 5.69 Å². The molecular formula is C23H31N5O2. The molecule has 2 aliphatic rings. The van der Waals surface area contributed by atoms with Crippen LogP contribution in [0.2, 0.25) is 0 Å². The van der Waals surface area contributed by atoms with E-state index >= 15 is 0 Å². The van der Waals surface area contributed by atoms with Gasteiger partial charge in [0.1, 0.15) is 5.82 Å². The van der Waals surface area contributed by atoms with Crippen LogP contribution in [0.1, 0.15) is 28.9 Å². The Morgan fingerprint density at radius 1 is 1.00 bits per heavy atom. The molecule has 0 unspecified atom stereocenters. The number of hydrogen-bond donors (Lipinski definition) is 1. The van der Waals surface area contributed by atoms with Gasteiger partial charge in [-0.15, -0.1) is 0 Å². The van der Waals surface area contributed by atoms with Crippen LogP contribution in [0, 0.1) is 0 Å². The number of aromatic nitrogens is 1. The Labute approximate surface area is 178 Å². The van der Waals surface area contributed by atoms with Crippen LogP contribution in [0.5, 0.6) is 0 Å². The second kappa shape index (κ2) is 9.45. The second-order valence-corrected chi connectivity index (χ2v) is 8.08. The van der Waals surface area contributed by atoms with Gasteiger partial charge in [0.2, 0.25) is 0 Å². The van der Waals surface area contributed by atoms with Gasteiger partial charge in [-0.2, -0.15) is 0 Å². The van der Waals surface area contributed by atoms with Crippen LogP contribution in [0.15, 0.2) is 42.6 Å². The lowest BCUT2D eigenvalue weighted by atomic mass is 10.1. The van der Waals surface area contributed by atoms with Crippen molar-refractivity contribution in [1.29, 1.82) is 0 Å². The van der Waals surface area contributed by atoms with Crippen molar-refractivity contribution in [3.05, 3.63) is 53.7 Å². The largest absolute Gasteiger partial charge is 0.378 e. The molecule has 1 aromatic carbocycles. The molecule has 4 rings (SSSR count). The number of carbonyl (C=O) groups is 1. The Kier molecular flexibility index (Phi) is 6.50. The van der Waals surface area contributed by atoms with E-state index in [9.17, 15) is 4.79 Å². The molecule has 30 heavy (non-hydrogen) atoms. The minimum absolute atomic E-state index is 0.0717. The van der Waals surface area contributed by atoms with Gasteiger partial charge in [0.15, 0.2) is 0 Å². The molecule has 160 valence electrons. The zero-order valence-electron chi connectivity index (χ0n) is 17.9. The third kappa shape index (κ3) is 4.91. The van der Waals surface area contributed by atoms with E-state index in [0.29, 0.717) is 5.56 Å². The Morgan fingerprint density at radius 3 is 2.40 bits per heavy atom. The van der Waals surface area contributed by atoms with E-state index in [-0.39, 0.29) is 11.9 Å². The number of anilines is 2. The fourth-order valence-corrected chi connectivity index (χ4v) is 3.93. The lowest BCUT2D eigenvalue weighted by Crippen LogP contribution is -2.44. The molecule has 2 aliphatic heterocycles. The van der Waals surface area contributed by atoms with Crippen molar-refractivity contribution in [3.8, 4) is 0 Å². The maximum absolute atomic E-state index is 12.8. The average molecular weight is 410 g/mol. The minimum atomic E-state index is -0.0727. The normalized spacial score (nSPS) is 18.9. The number of nitrogens with one attached hydrogen (secondary N) is 1. The Morgan fingerprint density at radius 2 is 1.70 bits per heavy atom. The highest BCUT2D eigenvalue weighted by Gasteiger charge is 2.18.